The van der Waals surface area contributed by atoms with Crippen LogP contribution >= 0.6 is 11.3 Å². The van der Waals surface area contributed by atoms with Crippen LogP contribution in [0.25, 0.3) is 0 Å². The minimum Gasteiger partial charge on any atom is -0.494 e. The van der Waals surface area contributed by atoms with E-state index in [1.165, 1.54) is 0 Å². The lowest BCUT2D eigenvalue weighted by atomic mass is 10.1. The molecule has 3 rings (SSSR count). The topological polar surface area (TPSA) is 58.6 Å². The third kappa shape index (κ3) is 4.60. The fraction of sp³-hybridized carbons (Fsp3) is 0.368. The summed E-state index contributed by atoms with van der Waals surface area (Å²) in [6.45, 7) is 3.72. The maximum absolute atomic E-state index is 12.3. The number of nitrogens with zero attached hydrogens (tertiary/aromatic N) is 1. The van der Waals surface area contributed by atoms with Crippen molar-refractivity contribution < 1.29 is 14.3 Å². The predicted molar refractivity (Wildman–Crippen MR) is 99.1 cm³/mol. The van der Waals surface area contributed by atoms with Gasteiger partial charge in [0.15, 0.2) is 0 Å². The SMILES string of the molecule is CCOc1ccc(N2C[C@@H](CNC(=O)Cc3cccs3)CC2=O)cc1. The van der Waals surface area contributed by atoms with Crippen molar-refractivity contribution >= 4 is 28.8 Å². The fourth-order valence-corrected chi connectivity index (χ4v) is 3.65. The Bertz CT molecular complexity index is 713. The summed E-state index contributed by atoms with van der Waals surface area (Å²) in [5.74, 6) is 1.05. The van der Waals surface area contributed by atoms with Gasteiger partial charge in [0.1, 0.15) is 5.75 Å². The number of hydrogen-bond acceptors (Lipinski definition) is 4. The molecule has 25 heavy (non-hydrogen) atoms. The summed E-state index contributed by atoms with van der Waals surface area (Å²) < 4.78 is 5.43. The molecule has 1 aromatic carbocycles. The number of carbonyl (C=O) groups excluding carboxylic acids is 2. The molecule has 0 unspecified atom stereocenters. The van der Waals surface area contributed by atoms with Gasteiger partial charge in [-0.15, -0.1) is 11.3 Å². The van der Waals surface area contributed by atoms with Crippen molar-refractivity contribution in [1.82, 2.24) is 5.32 Å². The fourth-order valence-electron chi connectivity index (χ4n) is 2.95. The summed E-state index contributed by atoms with van der Waals surface area (Å²) in [4.78, 5) is 27.1. The summed E-state index contributed by atoms with van der Waals surface area (Å²) in [5.41, 5.74) is 0.876. The molecule has 1 aromatic heterocycles. The molecule has 1 N–H and O–H groups in total. The predicted octanol–water partition coefficient (Wildman–Crippen LogP) is 2.86. The van der Waals surface area contributed by atoms with E-state index < -0.39 is 0 Å². The van der Waals surface area contributed by atoms with E-state index >= 15 is 0 Å². The normalized spacial score (nSPS) is 16.9. The smallest absolute Gasteiger partial charge is 0.227 e. The Morgan fingerprint density at radius 3 is 2.80 bits per heavy atom. The molecule has 2 amide bonds. The number of thiophene rings is 1. The first-order chi connectivity index (χ1) is 12.2. The van der Waals surface area contributed by atoms with Gasteiger partial charge < -0.3 is 15.0 Å². The molecule has 0 bridgehead atoms. The molecule has 0 saturated carbocycles. The van der Waals surface area contributed by atoms with Crippen LogP contribution in [0.4, 0.5) is 5.69 Å². The first-order valence-corrected chi connectivity index (χ1v) is 9.36. The van der Waals surface area contributed by atoms with Crippen LogP contribution in [0, 0.1) is 5.92 Å². The molecule has 0 aliphatic carbocycles. The summed E-state index contributed by atoms with van der Waals surface area (Å²) in [7, 11) is 0. The van der Waals surface area contributed by atoms with Gasteiger partial charge in [-0.1, -0.05) is 6.07 Å². The van der Waals surface area contributed by atoms with E-state index in [-0.39, 0.29) is 17.7 Å². The highest BCUT2D eigenvalue weighted by Crippen LogP contribution is 2.26. The Kier molecular flexibility index (Phi) is 5.71. The standard InChI is InChI=1S/C19H22N2O3S/c1-2-24-16-7-5-15(6-8-16)21-13-14(10-19(21)23)12-20-18(22)11-17-4-3-9-25-17/h3-9,14H,2,10-13H2,1H3,(H,20,22)/t14-/m1/s1. The van der Waals surface area contributed by atoms with Gasteiger partial charge in [-0.3, -0.25) is 9.59 Å². The largest absolute Gasteiger partial charge is 0.494 e. The number of hydrogen-bond donors (Lipinski definition) is 1. The minimum absolute atomic E-state index is 0.00872. The van der Waals surface area contributed by atoms with E-state index in [0.29, 0.717) is 32.5 Å². The summed E-state index contributed by atoms with van der Waals surface area (Å²) in [6, 6.07) is 11.5. The van der Waals surface area contributed by atoms with Crippen LogP contribution in [0.1, 0.15) is 18.2 Å². The molecule has 6 heteroatoms. The second-order valence-electron chi connectivity index (χ2n) is 6.06. The molecule has 5 nitrogen and oxygen atoms in total. The van der Waals surface area contributed by atoms with Crippen LogP contribution in [0.15, 0.2) is 41.8 Å². The lowest BCUT2D eigenvalue weighted by Gasteiger charge is -2.17. The van der Waals surface area contributed by atoms with Gasteiger partial charge in [0.2, 0.25) is 11.8 Å². The third-order valence-electron chi connectivity index (χ3n) is 4.17. The Balaban J connectivity index is 1.50. The molecule has 2 aromatic rings. The Labute approximate surface area is 151 Å². The number of benzene rings is 1. The molecule has 1 saturated heterocycles. The Hall–Kier alpha value is -2.34. The lowest BCUT2D eigenvalue weighted by Crippen LogP contribution is -2.32. The van der Waals surface area contributed by atoms with Crippen molar-refractivity contribution in [1.29, 1.82) is 0 Å². The van der Waals surface area contributed by atoms with Crippen molar-refractivity contribution in [3.05, 3.63) is 46.7 Å². The van der Waals surface area contributed by atoms with Crippen LogP contribution in [-0.4, -0.2) is 31.5 Å². The average molecular weight is 358 g/mol. The van der Waals surface area contributed by atoms with E-state index in [4.69, 9.17) is 4.74 Å². The van der Waals surface area contributed by atoms with Crippen LogP contribution in [-0.2, 0) is 16.0 Å². The number of ether oxygens (including phenoxy) is 1. The van der Waals surface area contributed by atoms with Gasteiger partial charge >= 0.3 is 0 Å². The first kappa shape index (κ1) is 17.5. The van der Waals surface area contributed by atoms with Gasteiger partial charge in [0.25, 0.3) is 0 Å². The quantitative estimate of drug-likeness (QED) is 0.828. The zero-order valence-electron chi connectivity index (χ0n) is 14.2. The summed E-state index contributed by atoms with van der Waals surface area (Å²) in [6.07, 6.45) is 0.868. The highest BCUT2D eigenvalue weighted by molar-refractivity contribution is 7.10. The van der Waals surface area contributed by atoms with Crippen molar-refractivity contribution in [2.75, 3.05) is 24.6 Å². The number of amides is 2. The van der Waals surface area contributed by atoms with E-state index in [0.717, 1.165) is 16.3 Å². The maximum Gasteiger partial charge on any atom is 0.227 e. The molecule has 1 aliphatic rings. The second-order valence-corrected chi connectivity index (χ2v) is 7.09. The van der Waals surface area contributed by atoms with Gasteiger partial charge in [0.05, 0.1) is 13.0 Å². The first-order valence-electron chi connectivity index (χ1n) is 8.48. The van der Waals surface area contributed by atoms with Crippen molar-refractivity contribution in [3.63, 3.8) is 0 Å². The Morgan fingerprint density at radius 1 is 1.32 bits per heavy atom. The summed E-state index contributed by atoms with van der Waals surface area (Å²) >= 11 is 1.58. The third-order valence-corrected chi connectivity index (χ3v) is 5.04. The molecule has 1 atom stereocenters. The van der Waals surface area contributed by atoms with E-state index in [2.05, 4.69) is 5.32 Å². The van der Waals surface area contributed by atoms with E-state index in [9.17, 15) is 9.59 Å². The van der Waals surface area contributed by atoms with Crippen LogP contribution in [0.5, 0.6) is 5.75 Å². The highest BCUT2D eigenvalue weighted by atomic mass is 32.1. The zero-order chi connectivity index (χ0) is 17.6. The van der Waals surface area contributed by atoms with Crippen molar-refractivity contribution in [2.24, 2.45) is 5.92 Å². The molecular weight excluding hydrogens is 336 g/mol. The van der Waals surface area contributed by atoms with Crippen molar-refractivity contribution in [3.8, 4) is 5.75 Å². The van der Waals surface area contributed by atoms with Gasteiger partial charge in [-0.05, 0) is 42.6 Å². The van der Waals surface area contributed by atoms with Crippen LogP contribution < -0.4 is 15.0 Å². The van der Waals surface area contributed by atoms with Crippen molar-refractivity contribution in [2.45, 2.75) is 19.8 Å². The zero-order valence-corrected chi connectivity index (χ0v) is 15.1. The number of nitrogens with one attached hydrogen (secondary N) is 1. The minimum atomic E-state index is 0.00872. The summed E-state index contributed by atoms with van der Waals surface area (Å²) in [5, 5.41) is 4.92. The maximum atomic E-state index is 12.3. The molecule has 0 spiro atoms. The molecule has 2 heterocycles. The molecule has 0 radical (unpaired) electrons. The van der Waals surface area contributed by atoms with Gasteiger partial charge in [-0.2, -0.15) is 0 Å². The van der Waals surface area contributed by atoms with E-state index in [1.54, 1.807) is 16.2 Å². The van der Waals surface area contributed by atoms with Crippen LogP contribution in [0.3, 0.4) is 0 Å². The number of anilines is 1. The number of rotatable bonds is 7. The molecule has 132 valence electrons. The van der Waals surface area contributed by atoms with Crippen LogP contribution in [0.2, 0.25) is 0 Å². The average Bonchev–Trinajstić information content (AvgIpc) is 3.24. The second kappa shape index (κ2) is 8.16. The van der Waals surface area contributed by atoms with E-state index in [1.807, 2.05) is 48.7 Å². The lowest BCUT2D eigenvalue weighted by molar-refractivity contribution is -0.121. The monoisotopic (exact) mass is 358 g/mol. The molecular formula is C19H22N2O3S. The van der Waals surface area contributed by atoms with Gasteiger partial charge in [-0.25, -0.2) is 0 Å². The van der Waals surface area contributed by atoms with Gasteiger partial charge in [0, 0.05) is 36.0 Å². The molecule has 1 fully saturated rings. The number of carbonyl (C=O) groups is 2. The molecule has 1 aliphatic heterocycles. The Morgan fingerprint density at radius 2 is 2.12 bits per heavy atom. The highest BCUT2D eigenvalue weighted by Gasteiger charge is 2.30.